The molecule has 1 atom stereocenters. The van der Waals surface area contributed by atoms with Crippen LogP contribution >= 0.6 is 0 Å². The maximum Gasteiger partial charge on any atom is 0.153 e. The van der Waals surface area contributed by atoms with E-state index in [1.165, 1.54) is 5.56 Å². The maximum atomic E-state index is 12.1. The third-order valence-electron chi connectivity index (χ3n) is 3.62. The Labute approximate surface area is 136 Å². The van der Waals surface area contributed by atoms with E-state index in [0.717, 1.165) is 11.8 Å². The van der Waals surface area contributed by atoms with Crippen LogP contribution in [0.1, 0.15) is 27.9 Å². The highest BCUT2D eigenvalue weighted by Crippen LogP contribution is 2.12. The second-order valence-electron chi connectivity index (χ2n) is 5.56. The lowest BCUT2D eigenvalue weighted by Crippen LogP contribution is -2.36. The van der Waals surface area contributed by atoms with Gasteiger partial charge in [-0.25, -0.2) is 0 Å². The summed E-state index contributed by atoms with van der Waals surface area (Å²) >= 11 is 0. The van der Waals surface area contributed by atoms with E-state index in [2.05, 4.69) is 0 Å². The average Bonchev–Trinajstić information content (AvgIpc) is 2.59. The SMILES string of the molecule is Cc1ccc(CCC(=O)[C@@H](N)COc2cccc(C=O)c2)cc1. The first kappa shape index (κ1) is 16.9. The van der Waals surface area contributed by atoms with Crippen molar-refractivity contribution in [2.45, 2.75) is 25.8 Å². The lowest BCUT2D eigenvalue weighted by atomic mass is 10.0. The van der Waals surface area contributed by atoms with Crippen molar-refractivity contribution in [2.24, 2.45) is 5.73 Å². The quantitative estimate of drug-likeness (QED) is 0.761. The van der Waals surface area contributed by atoms with Gasteiger partial charge in [0.25, 0.3) is 0 Å². The van der Waals surface area contributed by atoms with Crippen LogP contribution in [0, 0.1) is 6.92 Å². The van der Waals surface area contributed by atoms with E-state index in [-0.39, 0.29) is 12.4 Å². The molecule has 0 amide bonds. The standard InChI is InChI=1S/C19H21NO3/c1-14-5-7-15(8-6-14)9-10-19(22)18(20)13-23-17-4-2-3-16(11-17)12-21/h2-8,11-12,18H,9-10,13,20H2,1H3/t18-/m0/s1. The van der Waals surface area contributed by atoms with Gasteiger partial charge in [0.15, 0.2) is 5.78 Å². The number of Topliss-reactive ketones (excluding diaryl/α,β-unsaturated/α-hetero) is 1. The molecule has 0 bridgehead atoms. The molecule has 4 heteroatoms. The van der Waals surface area contributed by atoms with E-state index in [1.807, 2.05) is 31.2 Å². The van der Waals surface area contributed by atoms with E-state index in [4.69, 9.17) is 10.5 Å². The first-order valence-electron chi connectivity index (χ1n) is 7.60. The van der Waals surface area contributed by atoms with Crippen molar-refractivity contribution in [1.82, 2.24) is 0 Å². The number of rotatable bonds is 8. The van der Waals surface area contributed by atoms with Gasteiger partial charge in [-0.1, -0.05) is 42.0 Å². The number of nitrogens with two attached hydrogens (primary N) is 1. The van der Waals surface area contributed by atoms with Crippen molar-refractivity contribution < 1.29 is 14.3 Å². The summed E-state index contributed by atoms with van der Waals surface area (Å²) in [5, 5.41) is 0. The fourth-order valence-electron chi connectivity index (χ4n) is 2.16. The smallest absolute Gasteiger partial charge is 0.153 e. The Bertz CT molecular complexity index is 665. The van der Waals surface area contributed by atoms with Crippen LogP contribution in [0.5, 0.6) is 5.75 Å². The van der Waals surface area contributed by atoms with Gasteiger partial charge in [0.1, 0.15) is 18.6 Å². The number of hydrogen-bond acceptors (Lipinski definition) is 4. The molecule has 0 aliphatic heterocycles. The lowest BCUT2D eigenvalue weighted by molar-refractivity contribution is -0.120. The van der Waals surface area contributed by atoms with E-state index in [0.29, 0.717) is 24.2 Å². The van der Waals surface area contributed by atoms with Gasteiger partial charge in [0, 0.05) is 12.0 Å². The molecular weight excluding hydrogens is 290 g/mol. The minimum absolute atomic E-state index is 0.0304. The summed E-state index contributed by atoms with van der Waals surface area (Å²) in [7, 11) is 0. The van der Waals surface area contributed by atoms with Gasteiger partial charge in [-0.3, -0.25) is 9.59 Å². The third kappa shape index (κ3) is 5.34. The molecule has 2 aromatic carbocycles. The molecular formula is C19H21NO3. The molecule has 2 aromatic rings. The predicted octanol–water partition coefficient (Wildman–Crippen LogP) is 2.72. The highest BCUT2D eigenvalue weighted by atomic mass is 16.5. The fourth-order valence-corrected chi connectivity index (χ4v) is 2.16. The van der Waals surface area contributed by atoms with Crippen molar-refractivity contribution >= 4 is 12.1 Å². The molecule has 0 unspecified atom stereocenters. The Kier molecular flexibility index (Phi) is 6.06. The molecule has 0 aliphatic rings. The number of ether oxygens (including phenoxy) is 1. The third-order valence-corrected chi connectivity index (χ3v) is 3.62. The van der Waals surface area contributed by atoms with Gasteiger partial charge >= 0.3 is 0 Å². The minimum atomic E-state index is -0.666. The Morgan fingerprint density at radius 2 is 1.96 bits per heavy atom. The molecule has 0 aromatic heterocycles. The van der Waals surface area contributed by atoms with Gasteiger partial charge < -0.3 is 10.5 Å². The summed E-state index contributed by atoms with van der Waals surface area (Å²) in [5.41, 5.74) is 8.73. The van der Waals surface area contributed by atoms with Crippen LogP contribution in [0.4, 0.5) is 0 Å². The van der Waals surface area contributed by atoms with Gasteiger partial charge in [-0.2, -0.15) is 0 Å². The largest absolute Gasteiger partial charge is 0.491 e. The monoisotopic (exact) mass is 311 g/mol. The lowest BCUT2D eigenvalue weighted by Gasteiger charge is -2.12. The predicted molar refractivity (Wildman–Crippen MR) is 89.8 cm³/mol. The topological polar surface area (TPSA) is 69.4 Å². The minimum Gasteiger partial charge on any atom is -0.491 e. The fraction of sp³-hybridized carbons (Fsp3) is 0.263. The van der Waals surface area contributed by atoms with Crippen molar-refractivity contribution in [2.75, 3.05) is 6.61 Å². The number of carbonyl (C=O) groups excluding carboxylic acids is 2. The molecule has 0 fully saturated rings. The summed E-state index contributed by atoms with van der Waals surface area (Å²) in [4.78, 5) is 22.8. The first-order valence-corrected chi connectivity index (χ1v) is 7.60. The molecule has 0 spiro atoms. The second kappa shape index (κ2) is 8.25. The van der Waals surface area contributed by atoms with Crippen molar-refractivity contribution in [1.29, 1.82) is 0 Å². The van der Waals surface area contributed by atoms with Crippen LogP contribution in [0.2, 0.25) is 0 Å². The Morgan fingerprint density at radius 1 is 1.22 bits per heavy atom. The number of ketones is 1. The van der Waals surface area contributed by atoms with Gasteiger partial charge in [0.2, 0.25) is 0 Å². The number of carbonyl (C=O) groups is 2. The van der Waals surface area contributed by atoms with E-state index < -0.39 is 6.04 Å². The number of aryl methyl sites for hydroxylation is 2. The van der Waals surface area contributed by atoms with Crippen LogP contribution in [0.25, 0.3) is 0 Å². The average molecular weight is 311 g/mol. The van der Waals surface area contributed by atoms with Gasteiger partial charge in [0.05, 0.1) is 6.04 Å². The highest BCUT2D eigenvalue weighted by Gasteiger charge is 2.14. The van der Waals surface area contributed by atoms with Crippen molar-refractivity contribution in [3.05, 3.63) is 65.2 Å². The second-order valence-corrected chi connectivity index (χ2v) is 5.56. The summed E-state index contributed by atoms with van der Waals surface area (Å²) in [5.74, 6) is 0.508. The van der Waals surface area contributed by atoms with Crippen molar-refractivity contribution in [3.63, 3.8) is 0 Å². The molecule has 23 heavy (non-hydrogen) atoms. The molecule has 0 saturated heterocycles. The molecule has 4 nitrogen and oxygen atoms in total. The zero-order valence-electron chi connectivity index (χ0n) is 13.2. The van der Waals surface area contributed by atoms with E-state index >= 15 is 0 Å². The van der Waals surface area contributed by atoms with Crippen LogP contribution in [0.3, 0.4) is 0 Å². The zero-order valence-corrected chi connectivity index (χ0v) is 13.2. The first-order chi connectivity index (χ1) is 11.1. The Hall–Kier alpha value is -2.46. The molecule has 0 saturated carbocycles. The summed E-state index contributed by atoms with van der Waals surface area (Å²) in [6.45, 7) is 2.14. The van der Waals surface area contributed by atoms with Crippen LogP contribution in [-0.2, 0) is 11.2 Å². The zero-order chi connectivity index (χ0) is 16.7. The molecule has 0 heterocycles. The number of benzene rings is 2. The summed E-state index contributed by atoms with van der Waals surface area (Å²) in [6, 6.07) is 14.2. The molecule has 2 N–H and O–H groups in total. The molecule has 0 radical (unpaired) electrons. The van der Waals surface area contributed by atoms with Gasteiger partial charge in [-0.05, 0) is 31.0 Å². The summed E-state index contributed by atoms with van der Waals surface area (Å²) in [6.07, 6.45) is 1.81. The number of aldehydes is 1. The van der Waals surface area contributed by atoms with Crippen LogP contribution < -0.4 is 10.5 Å². The molecule has 120 valence electrons. The molecule has 2 rings (SSSR count). The van der Waals surface area contributed by atoms with Crippen molar-refractivity contribution in [3.8, 4) is 5.75 Å². The normalized spacial score (nSPS) is 11.7. The Balaban J connectivity index is 1.80. The number of hydrogen-bond donors (Lipinski definition) is 1. The highest BCUT2D eigenvalue weighted by molar-refractivity contribution is 5.84. The van der Waals surface area contributed by atoms with Crippen LogP contribution in [0.15, 0.2) is 48.5 Å². The Morgan fingerprint density at radius 3 is 2.65 bits per heavy atom. The maximum absolute atomic E-state index is 12.1. The van der Waals surface area contributed by atoms with E-state index in [1.54, 1.807) is 24.3 Å². The summed E-state index contributed by atoms with van der Waals surface area (Å²) < 4.78 is 5.49. The van der Waals surface area contributed by atoms with Crippen LogP contribution in [-0.4, -0.2) is 24.7 Å². The van der Waals surface area contributed by atoms with Gasteiger partial charge in [-0.15, -0.1) is 0 Å². The molecule has 0 aliphatic carbocycles. The van der Waals surface area contributed by atoms with E-state index in [9.17, 15) is 9.59 Å².